The predicted octanol–water partition coefficient (Wildman–Crippen LogP) is 1.36. The molecule has 1 aromatic rings. The van der Waals surface area contributed by atoms with Crippen molar-refractivity contribution in [1.29, 1.82) is 0 Å². The van der Waals surface area contributed by atoms with E-state index in [0.29, 0.717) is 38.5 Å². The Hall–Kier alpha value is -2.03. The molecule has 1 aromatic carbocycles. The Morgan fingerprint density at radius 1 is 1.33 bits per heavy atom. The van der Waals surface area contributed by atoms with Crippen LogP contribution in [0.2, 0.25) is 0 Å². The molecule has 0 bridgehead atoms. The monoisotopic (exact) mass is 422 g/mol. The van der Waals surface area contributed by atoms with Crippen LogP contribution in [0.25, 0.3) is 0 Å². The zero-order valence-corrected chi connectivity index (χ0v) is 18.3. The molecule has 1 heterocycles. The minimum atomic E-state index is -0.555. The molecule has 3 N–H and O–H groups in total. The predicted molar refractivity (Wildman–Crippen MR) is 114 cm³/mol. The van der Waals surface area contributed by atoms with Gasteiger partial charge in [-0.05, 0) is 36.5 Å². The fourth-order valence-corrected chi connectivity index (χ4v) is 3.98. The largest absolute Gasteiger partial charge is 0.375 e. The lowest BCUT2D eigenvalue weighted by Crippen LogP contribution is -2.58. The zero-order valence-electron chi connectivity index (χ0n) is 18.3. The second-order valence-corrected chi connectivity index (χ2v) is 8.24. The van der Waals surface area contributed by atoms with Gasteiger partial charge in [-0.15, -0.1) is 0 Å². The second-order valence-electron chi connectivity index (χ2n) is 8.24. The van der Waals surface area contributed by atoms with Gasteiger partial charge in [-0.3, -0.25) is 14.5 Å². The van der Waals surface area contributed by atoms with Crippen molar-refractivity contribution in [2.24, 2.45) is 11.7 Å². The number of halogens is 1. The number of rotatable bonds is 10. The number of carbonyl (C=O) groups excluding carboxylic acids is 2. The third-order valence-corrected chi connectivity index (χ3v) is 5.32. The summed E-state index contributed by atoms with van der Waals surface area (Å²) in [7, 11) is 1.47. The molecule has 1 aliphatic rings. The van der Waals surface area contributed by atoms with E-state index in [4.69, 9.17) is 10.5 Å². The Kier molecular flexibility index (Phi) is 9.68. The fraction of sp³-hybridized carbons (Fsp3) is 0.636. The molecule has 7 nitrogen and oxygen atoms in total. The number of ether oxygens (including phenoxy) is 1. The molecule has 2 amide bonds. The number of nitrogens with two attached hydrogens (primary N) is 1. The Balaban J connectivity index is 2.18. The minimum Gasteiger partial charge on any atom is -0.375 e. The summed E-state index contributed by atoms with van der Waals surface area (Å²) in [5.41, 5.74) is 6.55. The first-order chi connectivity index (χ1) is 14.3. The highest BCUT2D eigenvalue weighted by molar-refractivity contribution is 5.88. The van der Waals surface area contributed by atoms with Gasteiger partial charge in [-0.2, -0.15) is 0 Å². The van der Waals surface area contributed by atoms with Gasteiger partial charge in [-0.1, -0.05) is 26.0 Å². The summed E-state index contributed by atoms with van der Waals surface area (Å²) in [5, 5.41) is 2.83. The molecule has 0 radical (unpaired) electrons. The highest BCUT2D eigenvalue weighted by Gasteiger charge is 2.38. The van der Waals surface area contributed by atoms with Crippen molar-refractivity contribution >= 4 is 11.8 Å². The molecule has 168 valence electrons. The van der Waals surface area contributed by atoms with E-state index >= 15 is 0 Å². The van der Waals surface area contributed by atoms with Crippen LogP contribution in [0.1, 0.15) is 32.3 Å². The highest BCUT2D eigenvalue weighted by Crippen LogP contribution is 2.25. The molecule has 1 aliphatic heterocycles. The van der Waals surface area contributed by atoms with Gasteiger partial charge >= 0.3 is 0 Å². The van der Waals surface area contributed by atoms with Crippen molar-refractivity contribution in [3.05, 3.63) is 35.6 Å². The number of benzene rings is 1. The third-order valence-electron chi connectivity index (χ3n) is 5.32. The molecule has 2 atom stereocenters. The summed E-state index contributed by atoms with van der Waals surface area (Å²) in [6.07, 6.45) is 1.31. The van der Waals surface area contributed by atoms with E-state index in [1.807, 2.05) is 0 Å². The molecule has 0 spiro atoms. The summed E-state index contributed by atoms with van der Waals surface area (Å²) < 4.78 is 18.3. The number of nitrogens with one attached hydrogen (secondary N) is 1. The summed E-state index contributed by atoms with van der Waals surface area (Å²) in [6.45, 7) is 7.00. The molecular formula is C22H35FN4O3. The van der Waals surface area contributed by atoms with E-state index in [-0.39, 0.29) is 30.3 Å². The Labute approximate surface area is 178 Å². The maximum Gasteiger partial charge on any atom is 0.249 e. The number of amides is 2. The van der Waals surface area contributed by atoms with Crippen molar-refractivity contribution in [2.45, 2.75) is 45.3 Å². The lowest BCUT2D eigenvalue weighted by molar-refractivity contribution is -0.146. The van der Waals surface area contributed by atoms with Crippen LogP contribution in [0, 0.1) is 11.7 Å². The lowest BCUT2D eigenvalue weighted by Gasteiger charge is -2.43. The van der Waals surface area contributed by atoms with Gasteiger partial charge in [0.1, 0.15) is 18.5 Å². The van der Waals surface area contributed by atoms with E-state index < -0.39 is 6.04 Å². The summed E-state index contributed by atoms with van der Waals surface area (Å²) >= 11 is 0. The molecular weight excluding hydrogens is 387 g/mol. The first-order valence-electron chi connectivity index (χ1n) is 10.6. The molecule has 1 unspecified atom stereocenters. The van der Waals surface area contributed by atoms with E-state index in [0.717, 1.165) is 18.5 Å². The van der Waals surface area contributed by atoms with Gasteiger partial charge < -0.3 is 20.7 Å². The first kappa shape index (κ1) is 24.2. The van der Waals surface area contributed by atoms with Gasteiger partial charge in [0.25, 0.3) is 0 Å². The van der Waals surface area contributed by atoms with Crippen molar-refractivity contribution in [1.82, 2.24) is 15.1 Å². The van der Waals surface area contributed by atoms with Crippen LogP contribution in [0.4, 0.5) is 4.39 Å². The van der Waals surface area contributed by atoms with E-state index in [9.17, 15) is 14.0 Å². The Bertz CT molecular complexity index is 683. The van der Waals surface area contributed by atoms with Gasteiger partial charge in [0, 0.05) is 45.9 Å². The molecule has 8 heteroatoms. The van der Waals surface area contributed by atoms with Crippen LogP contribution >= 0.6 is 0 Å². The van der Waals surface area contributed by atoms with Gasteiger partial charge in [-0.25, -0.2) is 4.39 Å². The van der Waals surface area contributed by atoms with Crippen LogP contribution in [-0.4, -0.2) is 73.6 Å². The van der Waals surface area contributed by atoms with Gasteiger partial charge in [0.05, 0.1) is 0 Å². The molecule has 0 saturated carbocycles. The second kappa shape index (κ2) is 12.0. The maximum atomic E-state index is 13.3. The van der Waals surface area contributed by atoms with Crippen molar-refractivity contribution in [3.8, 4) is 0 Å². The lowest BCUT2D eigenvalue weighted by atomic mass is 9.93. The fourth-order valence-electron chi connectivity index (χ4n) is 3.98. The van der Waals surface area contributed by atoms with Crippen LogP contribution in [-0.2, 0) is 20.9 Å². The number of carbonyl (C=O) groups is 2. The maximum absolute atomic E-state index is 13.3. The number of methoxy groups -OCH3 is 1. The van der Waals surface area contributed by atoms with Gasteiger partial charge in [0.15, 0.2) is 0 Å². The van der Waals surface area contributed by atoms with E-state index in [1.54, 1.807) is 17.0 Å². The average molecular weight is 423 g/mol. The van der Waals surface area contributed by atoms with Crippen molar-refractivity contribution < 1.29 is 18.7 Å². The quantitative estimate of drug-likeness (QED) is 0.595. The average Bonchev–Trinajstić information content (AvgIpc) is 2.72. The third kappa shape index (κ3) is 7.04. The molecule has 2 rings (SSSR count). The summed E-state index contributed by atoms with van der Waals surface area (Å²) in [5.74, 6) is -0.183. The molecule has 30 heavy (non-hydrogen) atoms. The summed E-state index contributed by atoms with van der Waals surface area (Å²) in [4.78, 5) is 29.3. The van der Waals surface area contributed by atoms with Crippen LogP contribution in [0.3, 0.4) is 0 Å². The Morgan fingerprint density at radius 3 is 2.63 bits per heavy atom. The Morgan fingerprint density at radius 2 is 2.03 bits per heavy atom. The SMILES string of the molecule is COCC(=O)N1CCC(N(Cc2ccc(F)cc2)CC(C)C)C[C@@H]1C(=O)NCCN. The van der Waals surface area contributed by atoms with Crippen molar-refractivity contribution in [2.75, 3.05) is 39.9 Å². The van der Waals surface area contributed by atoms with E-state index in [1.165, 1.54) is 19.2 Å². The standard InChI is InChI=1S/C22H35FN4O3/c1-16(2)13-26(14-17-4-6-18(23)7-5-17)19-8-11-27(21(28)15-30-3)20(12-19)22(29)25-10-9-24/h4-7,16,19-20H,8-15,24H2,1-3H3,(H,25,29)/t19?,20-/m1/s1. The molecule has 1 fully saturated rings. The van der Waals surface area contributed by atoms with Crippen molar-refractivity contribution in [3.63, 3.8) is 0 Å². The molecule has 0 aromatic heterocycles. The number of piperidine rings is 1. The molecule has 1 saturated heterocycles. The topological polar surface area (TPSA) is 87.9 Å². The number of hydrogen-bond acceptors (Lipinski definition) is 5. The van der Waals surface area contributed by atoms with E-state index in [2.05, 4.69) is 24.1 Å². The number of nitrogens with zero attached hydrogens (tertiary/aromatic N) is 2. The van der Waals surface area contributed by atoms with Crippen LogP contribution in [0.5, 0.6) is 0 Å². The number of hydrogen-bond donors (Lipinski definition) is 2. The first-order valence-corrected chi connectivity index (χ1v) is 10.6. The minimum absolute atomic E-state index is 0.0450. The van der Waals surface area contributed by atoms with Crippen LogP contribution in [0.15, 0.2) is 24.3 Å². The zero-order chi connectivity index (χ0) is 22.1. The number of likely N-dealkylation sites (tertiary alicyclic amines) is 1. The molecule has 0 aliphatic carbocycles. The summed E-state index contributed by atoms with van der Waals surface area (Å²) in [6, 6.07) is 6.12. The highest BCUT2D eigenvalue weighted by atomic mass is 19.1. The smallest absolute Gasteiger partial charge is 0.249 e. The normalized spacial score (nSPS) is 19.4. The van der Waals surface area contributed by atoms with Crippen LogP contribution < -0.4 is 11.1 Å². The van der Waals surface area contributed by atoms with Gasteiger partial charge in [0.2, 0.25) is 11.8 Å².